The first-order valence-corrected chi connectivity index (χ1v) is 11.8. The number of unbranched alkanes of at least 4 members (excludes halogenated alkanes) is 1. The Morgan fingerprint density at radius 3 is 2.53 bits per heavy atom. The monoisotopic (exact) mass is 453 g/mol. The van der Waals surface area contributed by atoms with Gasteiger partial charge in [0.2, 0.25) is 6.10 Å². The molecule has 32 heavy (non-hydrogen) atoms. The lowest BCUT2D eigenvalue weighted by molar-refractivity contribution is -0.142. The highest BCUT2D eigenvalue weighted by molar-refractivity contribution is 7.80. The molecule has 170 valence electrons. The van der Waals surface area contributed by atoms with Crippen molar-refractivity contribution in [1.29, 1.82) is 0 Å². The van der Waals surface area contributed by atoms with Gasteiger partial charge in [0.1, 0.15) is 6.61 Å². The van der Waals surface area contributed by atoms with Gasteiger partial charge in [-0.2, -0.15) is 0 Å². The Balaban J connectivity index is 1.28. The highest BCUT2D eigenvalue weighted by Gasteiger charge is 2.33. The van der Waals surface area contributed by atoms with Crippen LogP contribution in [0.15, 0.2) is 42.5 Å². The van der Waals surface area contributed by atoms with Crippen LogP contribution in [0.1, 0.15) is 30.9 Å². The van der Waals surface area contributed by atoms with Gasteiger partial charge in [-0.15, -0.1) is 0 Å². The molecule has 0 radical (unpaired) electrons. The minimum Gasteiger partial charge on any atom is -0.485 e. The zero-order chi connectivity index (χ0) is 22.5. The predicted octanol–water partition coefficient (Wildman–Crippen LogP) is 4.02. The van der Waals surface area contributed by atoms with Crippen LogP contribution in [0.5, 0.6) is 11.5 Å². The van der Waals surface area contributed by atoms with Gasteiger partial charge in [0, 0.05) is 31.9 Å². The number of carbonyl (C=O) groups excluding carboxylic acids is 1. The summed E-state index contributed by atoms with van der Waals surface area (Å²) in [5, 5.41) is 4.09. The maximum atomic E-state index is 12.9. The first-order chi connectivity index (χ1) is 15.5. The molecule has 2 aliphatic heterocycles. The molecule has 2 aromatic rings. The van der Waals surface area contributed by atoms with Crippen molar-refractivity contribution in [3.63, 3.8) is 0 Å². The Kier molecular flexibility index (Phi) is 7.15. The van der Waals surface area contributed by atoms with Gasteiger partial charge >= 0.3 is 0 Å². The average molecular weight is 454 g/mol. The number of aryl methyl sites for hydroxylation is 2. The zero-order valence-electron chi connectivity index (χ0n) is 18.8. The molecule has 0 aliphatic carbocycles. The lowest BCUT2D eigenvalue weighted by atomic mass is 10.0. The van der Waals surface area contributed by atoms with Crippen molar-refractivity contribution in [2.45, 2.75) is 39.2 Å². The van der Waals surface area contributed by atoms with Crippen molar-refractivity contribution in [2.75, 3.05) is 38.1 Å². The molecule has 0 saturated carbocycles. The van der Waals surface area contributed by atoms with E-state index in [-0.39, 0.29) is 12.5 Å². The molecule has 1 amide bonds. The van der Waals surface area contributed by atoms with E-state index in [1.807, 2.05) is 29.2 Å². The second kappa shape index (κ2) is 10.2. The molecule has 2 aromatic carbocycles. The number of amides is 1. The molecule has 6 nitrogen and oxygen atoms in total. The van der Waals surface area contributed by atoms with Crippen molar-refractivity contribution >= 4 is 28.9 Å². The number of fused-ring (bicyclic) bond motifs is 1. The van der Waals surface area contributed by atoms with Crippen molar-refractivity contribution in [1.82, 2.24) is 9.80 Å². The fourth-order valence-electron chi connectivity index (χ4n) is 4.07. The normalized spacial score (nSPS) is 17.8. The third-order valence-corrected chi connectivity index (χ3v) is 6.37. The van der Waals surface area contributed by atoms with Crippen LogP contribution in [-0.2, 0) is 11.2 Å². The van der Waals surface area contributed by atoms with Gasteiger partial charge in [0.05, 0.1) is 0 Å². The highest BCUT2D eigenvalue weighted by Crippen LogP contribution is 2.31. The molecule has 0 spiro atoms. The van der Waals surface area contributed by atoms with Crippen molar-refractivity contribution < 1.29 is 14.3 Å². The Morgan fingerprint density at radius 1 is 1.09 bits per heavy atom. The molecule has 1 unspecified atom stereocenters. The minimum atomic E-state index is -0.601. The van der Waals surface area contributed by atoms with E-state index in [0.29, 0.717) is 42.8 Å². The summed E-state index contributed by atoms with van der Waals surface area (Å²) in [6.07, 6.45) is 2.91. The van der Waals surface area contributed by atoms with Gasteiger partial charge in [-0.05, 0) is 61.3 Å². The largest absolute Gasteiger partial charge is 0.485 e. The second-order valence-corrected chi connectivity index (χ2v) is 8.75. The van der Waals surface area contributed by atoms with Crippen molar-refractivity contribution in [2.24, 2.45) is 0 Å². The van der Waals surface area contributed by atoms with E-state index in [0.717, 1.165) is 12.1 Å². The maximum Gasteiger partial charge on any atom is 0.267 e. The smallest absolute Gasteiger partial charge is 0.267 e. The molecule has 1 N–H and O–H groups in total. The number of thiocarbonyl (C=S) groups is 1. The van der Waals surface area contributed by atoms with Gasteiger partial charge in [-0.1, -0.05) is 37.6 Å². The molecule has 0 bridgehead atoms. The minimum absolute atomic E-state index is 0.0310. The summed E-state index contributed by atoms with van der Waals surface area (Å²) < 4.78 is 11.6. The topological polar surface area (TPSA) is 54.0 Å². The lowest BCUT2D eigenvalue weighted by Gasteiger charge is -2.38. The first kappa shape index (κ1) is 22.4. The number of carbonyl (C=O) groups is 1. The number of anilines is 1. The molecule has 4 rings (SSSR count). The van der Waals surface area contributed by atoms with Crippen molar-refractivity contribution in [3.8, 4) is 11.5 Å². The standard InChI is InChI=1S/C25H31N3O3S/c1-3-4-7-19-10-11-20(18(2)16-19)26-25(32)28-14-12-27(13-15-28)24(29)23-17-30-21-8-5-6-9-22(21)31-23/h5-6,8-11,16,23H,3-4,7,12-15,17H2,1-2H3,(H,26,32). The van der Waals surface area contributed by atoms with Gasteiger partial charge in [0.15, 0.2) is 16.6 Å². The van der Waals surface area contributed by atoms with Gasteiger partial charge in [-0.3, -0.25) is 4.79 Å². The number of rotatable bonds is 5. The number of ether oxygens (including phenoxy) is 2. The highest BCUT2D eigenvalue weighted by atomic mass is 32.1. The fraction of sp³-hybridized carbons (Fsp3) is 0.440. The van der Waals surface area contributed by atoms with E-state index in [1.165, 1.54) is 24.0 Å². The van der Waals surface area contributed by atoms with Crippen LogP contribution >= 0.6 is 12.2 Å². The quantitative estimate of drug-likeness (QED) is 0.691. The van der Waals surface area contributed by atoms with E-state index < -0.39 is 6.10 Å². The van der Waals surface area contributed by atoms with Crippen LogP contribution in [0.3, 0.4) is 0 Å². The second-order valence-electron chi connectivity index (χ2n) is 8.36. The number of hydrogen-bond acceptors (Lipinski definition) is 4. The molecule has 7 heteroatoms. The molecule has 2 aliphatic rings. The van der Waals surface area contributed by atoms with Gasteiger partial charge in [0.25, 0.3) is 5.91 Å². The third kappa shape index (κ3) is 5.15. The summed E-state index contributed by atoms with van der Waals surface area (Å²) in [6.45, 7) is 7.16. The molecule has 1 saturated heterocycles. The van der Waals surface area contributed by atoms with Crippen LogP contribution in [0.25, 0.3) is 0 Å². The number of benzene rings is 2. The van der Waals surface area contributed by atoms with E-state index in [4.69, 9.17) is 21.7 Å². The summed E-state index contributed by atoms with van der Waals surface area (Å²) in [5.41, 5.74) is 3.61. The molecule has 0 aromatic heterocycles. The van der Waals surface area contributed by atoms with Crippen LogP contribution in [0.2, 0.25) is 0 Å². The maximum absolute atomic E-state index is 12.9. The average Bonchev–Trinajstić information content (AvgIpc) is 2.83. The van der Waals surface area contributed by atoms with Crippen LogP contribution in [-0.4, -0.2) is 59.7 Å². The summed E-state index contributed by atoms with van der Waals surface area (Å²) in [7, 11) is 0. The van der Waals surface area contributed by atoms with Crippen LogP contribution < -0.4 is 14.8 Å². The van der Waals surface area contributed by atoms with Gasteiger partial charge in [-0.25, -0.2) is 0 Å². The first-order valence-electron chi connectivity index (χ1n) is 11.4. The van der Waals surface area contributed by atoms with E-state index in [9.17, 15) is 4.79 Å². The Hall–Kier alpha value is -2.80. The summed E-state index contributed by atoms with van der Waals surface area (Å²) >= 11 is 5.66. The fourth-order valence-corrected chi connectivity index (χ4v) is 4.36. The van der Waals surface area contributed by atoms with Crippen molar-refractivity contribution in [3.05, 3.63) is 53.6 Å². The predicted molar refractivity (Wildman–Crippen MR) is 131 cm³/mol. The number of hydrogen-bond donors (Lipinski definition) is 1. The summed E-state index contributed by atoms with van der Waals surface area (Å²) in [5.74, 6) is 1.28. The summed E-state index contributed by atoms with van der Waals surface area (Å²) in [4.78, 5) is 16.9. The summed E-state index contributed by atoms with van der Waals surface area (Å²) in [6, 6.07) is 14.0. The van der Waals surface area contributed by atoms with Crippen LogP contribution in [0.4, 0.5) is 5.69 Å². The van der Waals surface area contributed by atoms with E-state index in [2.05, 4.69) is 42.3 Å². The Morgan fingerprint density at radius 2 is 1.81 bits per heavy atom. The number of nitrogens with one attached hydrogen (secondary N) is 1. The Bertz CT molecular complexity index is 973. The van der Waals surface area contributed by atoms with Crippen LogP contribution in [0, 0.1) is 6.92 Å². The number of piperazine rings is 1. The molecular formula is C25H31N3O3S. The number of nitrogens with zero attached hydrogens (tertiary/aromatic N) is 2. The van der Waals surface area contributed by atoms with E-state index >= 15 is 0 Å². The molecule has 1 atom stereocenters. The Labute approximate surface area is 195 Å². The molecular weight excluding hydrogens is 422 g/mol. The molecule has 1 fully saturated rings. The molecule has 2 heterocycles. The van der Waals surface area contributed by atoms with Gasteiger partial charge < -0.3 is 24.6 Å². The lowest BCUT2D eigenvalue weighted by Crippen LogP contribution is -2.55. The third-order valence-electron chi connectivity index (χ3n) is 6.01. The zero-order valence-corrected chi connectivity index (χ0v) is 19.6. The number of para-hydroxylation sites is 2. The SMILES string of the molecule is CCCCc1ccc(NC(=S)N2CCN(C(=O)C3COc4ccccc4O3)CC2)c(C)c1. The van der Waals surface area contributed by atoms with E-state index in [1.54, 1.807) is 0 Å².